The molecule has 0 radical (unpaired) electrons. The van der Waals surface area contributed by atoms with Crippen molar-refractivity contribution < 1.29 is 67.7 Å². The molecule has 0 aliphatic carbocycles. The third kappa shape index (κ3) is 23.6. The van der Waals surface area contributed by atoms with Crippen LogP contribution in [-0.2, 0) is 78.4 Å². The van der Waals surface area contributed by atoms with E-state index in [4.69, 9.17) is 17.2 Å². The van der Waals surface area contributed by atoms with Gasteiger partial charge in [-0.2, -0.15) is 4.73 Å². The van der Waals surface area contributed by atoms with Crippen LogP contribution in [0.15, 0.2) is 84.9 Å². The van der Waals surface area contributed by atoms with E-state index in [1.54, 1.807) is 71.9 Å². The first-order valence-corrected chi connectivity index (χ1v) is 30.8. The number of nitrogens with two attached hydrogens (primary N) is 3. The third-order valence-electron chi connectivity index (χ3n) is 15.6. The summed E-state index contributed by atoms with van der Waals surface area (Å²) >= 11 is 0. The summed E-state index contributed by atoms with van der Waals surface area (Å²) < 4.78 is 0.506. The Morgan fingerprint density at radius 3 is 1.71 bits per heavy atom. The summed E-state index contributed by atoms with van der Waals surface area (Å²) in [7, 11) is 0. The number of nitrogens with one attached hydrogen (secondary N) is 10. The van der Waals surface area contributed by atoms with Gasteiger partial charge in [-0.25, -0.2) is 14.8 Å². The maximum absolute atomic E-state index is 15.1. The maximum atomic E-state index is 15.1. The number of rotatable bonds is 37. The van der Waals surface area contributed by atoms with Gasteiger partial charge in [0.05, 0.1) is 25.1 Å². The lowest BCUT2D eigenvalue weighted by atomic mass is 9.96. The smallest absolute Gasteiger partial charge is 0.326 e. The van der Waals surface area contributed by atoms with Gasteiger partial charge < -0.3 is 90.0 Å². The van der Waals surface area contributed by atoms with Crippen LogP contribution in [0.3, 0.4) is 0 Å². The topological polar surface area (TPSA) is 502 Å². The Morgan fingerprint density at radius 1 is 0.656 bits per heavy atom. The number of aromatic nitrogens is 5. The molecule has 32 nitrogen and oxygen atoms in total. The molecule has 0 saturated carbocycles. The third-order valence-corrected chi connectivity index (χ3v) is 15.6. The predicted octanol–water partition coefficient (Wildman–Crippen LogP) is -2.41. The number of imidazole rings is 2. The van der Waals surface area contributed by atoms with Gasteiger partial charge in [0.1, 0.15) is 54.4 Å². The van der Waals surface area contributed by atoms with Crippen molar-refractivity contribution in [2.75, 3.05) is 13.1 Å². The van der Waals surface area contributed by atoms with E-state index >= 15 is 4.79 Å². The second kappa shape index (κ2) is 36.1. The van der Waals surface area contributed by atoms with Crippen molar-refractivity contribution in [3.8, 4) is 0 Å². The summed E-state index contributed by atoms with van der Waals surface area (Å²) in [5.41, 5.74) is 18.6. The number of nitrogens with zero attached hydrogens (tertiary/aromatic N) is 5. The fraction of sp³-hybridized carbons (Fsp3) is 0.525. The van der Waals surface area contributed by atoms with Crippen LogP contribution >= 0.6 is 0 Å². The minimum Gasteiger partial charge on any atom is -0.619 e. The second-order valence-electron chi connectivity index (χ2n) is 23.8. The number of carboxylic acids is 2. The van der Waals surface area contributed by atoms with Crippen LogP contribution in [0.2, 0.25) is 0 Å². The molecule has 11 atom stereocenters. The van der Waals surface area contributed by atoms with Gasteiger partial charge in [0.15, 0.2) is 18.4 Å². The Kier molecular flexibility index (Phi) is 28.6. The van der Waals surface area contributed by atoms with Crippen molar-refractivity contribution in [1.29, 1.82) is 0 Å². The van der Waals surface area contributed by atoms with Crippen LogP contribution in [0, 0.1) is 23.0 Å². The highest BCUT2D eigenvalue weighted by Gasteiger charge is 2.42. The summed E-state index contributed by atoms with van der Waals surface area (Å²) in [6, 6.07) is -2.23. The summed E-state index contributed by atoms with van der Waals surface area (Å²) in [4.78, 5) is 172. The first kappa shape index (κ1) is 73.7. The van der Waals surface area contributed by atoms with E-state index in [1.165, 1.54) is 54.5 Å². The molecule has 18 N–H and O–H groups in total. The van der Waals surface area contributed by atoms with Crippen molar-refractivity contribution in [3.63, 3.8) is 0 Å². The molecular weight excluding hydrogens is 1210 g/mol. The average Bonchev–Trinajstić information content (AvgIpc) is 1.81. The zero-order chi connectivity index (χ0) is 68.5. The number of hydrogen-bond donors (Lipinski definition) is 15. The van der Waals surface area contributed by atoms with E-state index in [2.05, 4.69) is 67.5 Å². The Hall–Kier alpha value is -10.0. The number of carbonyl (C=O) groups is 11. The number of likely N-dealkylation sites (tertiary alicyclic amines) is 1. The molecule has 1 fully saturated rings. The van der Waals surface area contributed by atoms with E-state index in [-0.39, 0.29) is 76.3 Å². The first-order chi connectivity index (χ1) is 44.1. The Labute approximate surface area is 537 Å². The van der Waals surface area contributed by atoms with Crippen molar-refractivity contribution in [3.05, 3.63) is 108 Å². The second-order valence-corrected chi connectivity index (χ2v) is 23.8. The molecule has 32 heteroatoms. The molecular formula is C61H88N18O14. The van der Waals surface area contributed by atoms with Crippen molar-refractivity contribution in [2.24, 2.45) is 39.9 Å². The minimum atomic E-state index is -1.54. The van der Waals surface area contributed by atoms with Crippen LogP contribution in [0.4, 0.5) is 0 Å². The van der Waals surface area contributed by atoms with Gasteiger partial charge >= 0.3 is 11.9 Å². The number of benzene rings is 1. The molecule has 1 aliphatic rings. The molecule has 4 heterocycles. The van der Waals surface area contributed by atoms with Gasteiger partial charge in [-0.05, 0) is 61.0 Å². The fourth-order valence-corrected chi connectivity index (χ4v) is 10.3. The van der Waals surface area contributed by atoms with Gasteiger partial charge in [0.2, 0.25) is 53.2 Å². The van der Waals surface area contributed by atoms with Gasteiger partial charge in [-0.1, -0.05) is 78.3 Å². The zero-order valence-corrected chi connectivity index (χ0v) is 53.0. The van der Waals surface area contributed by atoms with E-state index in [9.17, 15) is 63.4 Å². The van der Waals surface area contributed by atoms with Crippen LogP contribution in [0.1, 0.15) is 109 Å². The molecule has 9 amide bonds. The zero-order valence-electron chi connectivity index (χ0n) is 53.0. The standard InChI is InChI=1S/C61H88N18O14/c1-7-35(6)50(77-55(86)43(25-37-17-21-78(93)22-18-37)73-57(88)49(34(4)5)76-52(83)41(15-11-19-67-61(63)64)70-51(82)40(62)28-48(80)81)58(89)74-45(27-39-30-66-32-69-39)59(90)79-20-12-16-47(79)56(87)72-42(24-36-13-9-8-10-14-36)53(84)71-44(26-38-29-65-31-68-38)54(85)75-46(60(91)92)23-33(2)3/h8-10,13-14,17-18,21-22,29-35,40-47,49-50H,7,11-12,15-16,19-20,23-28,62H2,1-6H3,(H,65,68)(H,66,69)(H,70,82)(H,71,84)(H,72,87)(H,73,88)(H,74,89)(H,75,85)(H,76,83)(H,77,86)(H,80,81)(H,91,92)(H4,63,64,67)/t35-,40-,41-,42-,43+,44-,45-,46-,47-,49-,50-/m0/s1. The lowest BCUT2D eigenvalue weighted by Gasteiger charge is -2.32. The number of carbonyl (C=O) groups excluding carboxylic acids is 9. The highest BCUT2D eigenvalue weighted by molar-refractivity contribution is 5.99. The molecule has 5 rings (SSSR count). The van der Waals surface area contributed by atoms with E-state index in [0.717, 1.165) is 0 Å². The predicted molar refractivity (Wildman–Crippen MR) is 336 cm³/mol. The number of aliphatic imine (C=N–C) groups is 1. The summed E-state index contributed by atoms with van der Waals surface area (Å²) in [6.07, 6.45) is 7.49. The van der Waals surface area contributed by atoms with Crippen molar-refractivity contribution in [1.82, 2.24) is 67.4 Å². The van der Waals surface area contributed by atoms with Crippen LogP contribution in [0.5, 0.6) is 0 Å². The Bertz CT molecular complexity index is 3180. The maximum Gasteiger partial charge on any atom is 0.326 e. The molecule has 1 aliphatic heterocycles. The minimum absolute atomic E-state index is 0.0371. The van der Waals surface area contributed by atoms with E-state index in [1.807, 2.05) is 0 Å². The number of aliphatic carboxylic acids is 2. The molecule has 0 unspecified atom stereocenters. The van der Waals surface area contributed by atoms with Gasteiger partial charge in [-0.15, -0.1) is 0 Å². The normalized spacial score (nSPS) is 16.1. The summed E-state index contributed by atoms with van der Waals surface area (Å²) in [5.74, 6) is -11.8. The molecule has 93 heavy (non-hydrogen) atoms. The molecule has 1 aromatic carbocycles. The van der Waals surface area contributed by atoms with E-state index in [0.29, 0.717) is 40.1 Å². The van der Waals surface area contributed by atoms with Crippen LogP contribution in [0.25, 0.3) is 0 Å². The molecule has 506 valence electrons. The number of hydrogen-bond acceptors (Lipinski definition) is 16. The monoisotopic (exact) mass is 1300 g/mol. The van der Waals surface area contributed by atoms with Crippen molar-refractivity contribution in [2.45, 2.75) is 173 Å². The molecule has 1 saturated heterocycles. The Morgan fingerprint density at radius 2 is 1.16 bits per heavy atom. The van der Waals surface area contributed by atoms with Crippen molar-refractivity contribution >= 4 is 71.1 Å². The average molecular weight is 1300 g/mol. The number of carboxylic acid groups (broad SMARTS) is 2. The summed E-state index contributed by atoms with van der Waals surface area (Å²) in [5, 5.41) is 52.7. The molecule has 3 aromatic heterocycles. The van der Waals surface area contributed by atoms with Gasteiger partial charge in [0.25, 0.3) is 0 Å². The molecule has 0 spiro atoms. The van der Waals surface area contributed by atoms with E-state index < -0.39 is 144 Å². The Balaban J connectivity index is 1.40. The number of amides is 9. The fourth-order valence-electron chi connectivity index (χ4n) is 10.3. The van der Waals surface area contributed by atoms with Crippen LogP contribution in [-0.4, -0.2) is 180 Å². The highest BCUT2D eigenvalue weighted by atomic mass is 16.5. The van der Waals surface area contributed by atoms with Gasteiger partial charge in [-0.3, -0.25) is 52.9 Å². The number of guanidine groups is 1. The number of aromatic amines is 2. The number of pyridine rings is 1. The molecule has 4 aromatic rings. The van der Waals surface area contributed by atoms with Crippen LogP contribution < -0.4 is 64.5 Å². The lowest BCUT2D eigenvalue weighted by Crippen LogP contribution is -2.62. The summed E-state index contributed by atoms with van der Waals surface area (Å²) in [6.45, 7) is 10.3. The highest BCUT2D eigenvalue weighted by Crippen LogP contribution is 2.22. The largest absolute Gasteiger partial charge is 0.619 e. The SMILES string of the molecule is CC[C@H](C)[C@H](NC(=O)[C@@H](Cc1cc[n+]([O-])cc1)NC(=O)[C@@H](NC(=O)[C@H](CCCN=C(N)N)NC(=O)[C@@H](N)CC(=O)O)C(C)C)C(=O)N[C@@H](Cc1cnc[nH]1)C(=O)N1CCC[C@H]1C(=O)N[C@@H](Cc1ccccc1)C(=O)N[C@@H](Cc1cnc[nH]1)C(=O)N[C@@H](CC(C)C)C(=O)O. The first-order valence-electron chi connectivity index (χ1n) is 30.8. The lowest BCUT2D eigenvalue weighted by molar-refractivity contribution is -0.605. The van der Waals surface area contributed by atoms with Gasteiger partial charge in [0, 0.05) is 74.7 Å². The quantitative estimate of drug-likeness (QED) is 0.00735. The molecule has 0 bridgehead atoms. The number of H-pyrrole nitrogens is 2.